The molecule has 1 saturated heterocycles. The first-order chi connectivity index (χ1) is 15.2. The molecule has 2 aliphatic heterocycles. The molecule has 0 radical (unpaired) electrons. The molecular formula is C23H31N5O4. The molecule has 4 atom stereocenters. The largest absolute Gasteiger partial charge is 0.392 e. The molecule has 32 heavy (non-hydrogen) atoms. The van der Waals surface area contributed by atoms with Gasteiger partial charge in [-0.15, -0.1) is 0 Å². The van der Waals surface area contributed by atoms with Crippen molar-refractivity contribution in [2.75, 3.05) is 25.0 Å². The number of hydrogen-bond donors (Lipinski definition) is 4. The molecule has 4 rings (SSSR count). The SMILES string of the molecule is CC(C)NC(=O)[C@@H]1[C@@H]2C(=O)NN=C(c3ccccc3NC(=O)CN3CCC[C@@H](O)C3)[C@]12C. The number of carbonyl (C=O) groups is 3. The highest BCUT2D eigenvalue weighted by atomic mass is 16.3. The van der Waals surface area contributed by atoms with E-state index in [0.717, 1.165) is 19.4 Å². The number of β-amino-alcohol motifs (C(OH)–C–C–N with tert-alkyl or cyclic N) is 1. The van der Waals surface area contributed by atoms with E-state index in [1.807, 2.05) is 43.9 Å². The van der Waals surface area contributed by atoms with Crippen LogP contribution in [0.5, 0.6) is 0 Å². The van der Waals surface area contributed by atoms with Gasteiger partial charge in [-0.2, -0.15) is 5.10 Å². The monoisotopic (exact) mass is 441 g/mol. The Kier molecular flexibility index (Phi) is 6.05. The summed E-state index contributed by atoms with van der Waals surface area (Å²) in [6.45, 7) is 7.10. The molecule has 172 valence electrons. The molecule has 2 fully saturated rings. The van der Waals surface area contributed by atoms with Crippen molar-refractivity contribution in [1.82, 2.24) is 15.6 Å². The molecule has 1 aliphatic carbocycles. The van der Waals surface area contributed by atoms with Gasteiger partial charge in [-0.1, -0.05) is 25.1 Å². The van der Waals surface area contributed by atoms with Gasteiger partial charge < -0.3 is 15.7 Å². The molecule has 1 aromatic carbocycles. The van der Waals surface area contributed by atoms with E-state index in [1.165, 1.54) is 0 Å². The first-order valence-electron chi connectivity index (χ1n) is 11.2. The van der Waals surface area contributed by atoms with E-state index in [2.05, 4.69) is 21.2 Å². The number of benzene rings is 1. The van der Waals surface area contributed by atoms with Gasteiger partial charge in [0.15, 0.2) is 0 Å². The number of piperidine rings is 1. The molecule has 0 unspecified atom stereocenters. The van der Waals surface area contributed by atoms with Crippen molar-refractivity contribution in [1.29, 1.82) is 0 Å². The molecule has 1 aromatic rings. The van der Waals surface area contributed by atoms with Crippen LogP contribution in [0.4, 0.5) is 5.69 Å². The second kappa shape index (κ2) is 8.63. The predicted octanol–water partition coefficient (Wildman–Crippen LogP) is 0.693. The van der Waals surface area contributed by atoms with Gasteiger partial charge in [0, 0.05) is 29.3 Å². The maximum absolute atomic E-state index is 12.8. The number of hydrogen-bond acceptors (Lipinski definition) is 6. The van der Waals surface area contributed by atoms with Gasteiger partial charge in [-0.05, 0) is 39.3 Å². The van der Waals surface area contributed by atoms with E-state index in [-0.39, 0.29) is 30.3 Å². The average molecular weight is 442 g/mol. The number of amides is 3. The molecule has 9 nitrogen and oxygen atoms in total. The van der Waals surface area contributed by atoms with Crippen LogP contribution in [-0.4, -0.2) is 65.2 Å². The summed E-state index contributed by atoms with van der Waals surface area (Å²) in [5.41, 5.74) is 3.68. The predicted molar refractivity (Wildman–Crippen MR) is 120 cm³/mol. The van der Waals surface area contributed by atoms with Gasteiger partial charge in [0.2, 0.25) is 17.7 Å². The number of aliphatic hydroxyl groups excluding tert-OH is 1. The van der Waals surface area contributed by atoms with Crippen molar-refractivity contribution < 1.29 is 19.5 Å². The van der Waals surface area contributed by atoms with Crippen LogP contribution >= 0.6 is 0 Å². The number of anilines is 1. The molecule has 3 aliphatic rings. The number of fused-ring (bicyclic) bond motifs is 1. The summed E-state index contributed by atoms with van der Waals surface area (Å²) in [5.74, 6) is -1.61. The maximum atomic E-state index is 12.8. The number of hydrazone groups is 1. The molecule has 2 heterocycles. The lowest BCUT2D eigenvalue weighted by molar-refractivity contribution is -0.127. The Morgan fingerprint density at radius 1 is 1.34 bits per heavy atom. The third-order valence-corrected chi connectivity index (χ3v) is 6.60. The number of nitrogens with one attached hydrogen (secondary N) is 3. The van der Waals surface area contributed by atoms with E-state index in [1.54, 1.807) is 6.07 Å². The van der Waals surface area contributed by atoms with Crippen molar-refractivity contribution in [3.05, 3.63) is 29.8 Å². The normalized spacial score (nSPS) is 29.6. The molecule has 0 spiro atoms. The second-order valence-electron chi connectivity index (χ2n) is 9.46. The van der Waals surface area contributed by atoms with Crippen molar-refractivity contribution in [2.24, 2.45) is 22.4 Å². The Morgan fingerprint density at radius 2 is 2.09 bits per heavy atom. The van der Waals surface area contributed by atoms with Gasteiger partial charge in [0.1, 0.15) is 0 Å². The van der Waals surface area contributed by atoms with Crippen LogP contribution in [0.3, 0.4) is 0 Å². The van der Waals surface area contributed by atoms with Crippen LogP contribution < -0.4 is 16.1 Å². The Morgan fingerprint density at radius 3 is 2.81 bits per heavy atom. The number of para-hydroxylation sites is 1. The fourth-order valence-corrected chi connectivity index (χ4v) is 5.05. The van der Waals surface area contributed by atoms with Crippen molar-refractivity contribution in [3.8, 4) is 0 Å². The first kappa shape index (κ1) is 22.4. The van der Waals surface area contributed by atoms with Gasteiger partial charge in [0.05, 0.1) is 30.2 Å². The summed E-state index contributed by atoms with van der Waals surface area (Å²) in [7, 11) is 0. The fraction of sp³-hybridized carbons (Fsp3) is 0.565. The lowest BCUT2D eigenvalue weighted by Gasteiger charge is -2.29. The van der Waals surface area contributed by atoms with E-state index in [4.69, 9.17) is 0 Å². The van der Waals surface area contributed by atoms with Gasteiger partial charge >= 0.3 is 0 Å². The highest BCUT2D eigenvalue weighted by Crippen LogP contribution is 2.62. The minimum Gasteiger partial charge on any atom is -0.392 e. The molecule has 4 N–H and O–H groups in total. The molecule has 0 aromatic heterocycles. The number of nitrogens with zero attached hydrogens (tertiary/aromatic N) is 2. The maximum Gasteiger partial charge on any atom is 0.245 e. The quantitative estimate of drug-likeness (QED) is 0.517. The number of carbonyl (C=O) groups excluding carboxylic acids is 3. The highest BCUT2D eigenvalue weighted by Gasteiger charge is 2.72. The van der Waals surface area contributed by atoms with Crippen LogP contribution in [0, 0.1) is 17.3 Å². The third-order valence-electron chi connectivity index (χ3n) is 6.60. The Bertz CT molecular complexity index is 961. The molecule has 9 heteroatoms. The lowest BCUT2D eigenvalue weighted by atomic mass is 9.89. The van der Waals surface area contributed by atoms with Crippen LogP contribution in [-0.2, 0) is 14.4 Å². The smallest absolute Gasteiger partial charge is 0.245 e. The molecular weight excluding hydrogens is 410 g/mol. The van der Waals surface area contributed by atoms with E-state index in [9.17, 15) is 19.5 Å². The van der Waals surface area contributed by atoms with Crippen LogP contribution in [0.25, 0.3) is 0 Å². The zero-order valence-electron chi connectivity index (χ0n) is 18.7. The molecule has 0 bridgehead atoms. The minimum absolute atomic E-state index is 0.0305. The van der Waals surface area contributed by atoms with E-state index in [0.29, 0.717) is 23.5 Å². The van der Waals surface area contributed by atoms with E-state index >= 15 is 0 Å². The Balaban J connectivity index is 1.55. The van der Waals surface area contributed by atoms with Gasteiger partial charge in [0.25, 0.3) is 0 Å². The third kappa shape index (κ3) is 4.14. The minimum atomic E-state index is -0.737. The summed E-state index contributed by atoms with van der Waals surface area (Å²) in [6.07, 6.45) is 1.23. The zero-order chi connectivity index (χ0) is 23.0. The summed E-state index contributed by atoms with van der Waals surface area (Å²) in [6, 6.07) is 7.27. The summed E-state index contributed by atoms with van der Waals surface area (Å²) in [5, 5.41) is 20.0. The Hall–Kier alpha value is -2.78. The summed E-state index contributed by atoms with van der Waals surface area (Å²) in [4.78, 5) is 39.9. The molecule has 1 saturated carbocycles. The molecule has 3 amide bonds. The second-order valence-corrected chi connectivity index (χ2v) is 9.46. The first-order valence-corrected chi connectivity index (χ1v) is 11.2. The summed E-state index contributed by atoms with van der Waals surface area (Å²) < 4.78 is 0. The fourth-order valence-electron chi connectivity index (χ4n) is 5.05. The number of likely N-dealkylation sites (tertiary alicyclic amines) is 1. The zero-order valence-corrected chi connectivity index (χ0v) is 18.7. The van der Waals surface area contributed by atoms with Crippen molar-refractivity contribution in [2.45, 2.75) is 45.8 Å². The lowest BCUT2D eigenvalue weighted by Crippen LogP contribution is -2.42. The van der Waals surface area contributed by atoms with Crippen LogP contribution in [0.15, 0.2) is 29.4 Å². The highest BCUT2D eigenvalue weighted by molar-refractivity contribution is 6.19. The van der Waals surface area contributed by atoms with Gasteiger partial charge in [-0.25, -0.2) is 5.43 Å². The van der Waals surface area contributed by atoms with Gasteiger partial charge in [-0.3, -0.25) is 19.3 Å². The average Bonchev–Trinajstić information content (AvgIpc) is 3.36. The topological polar surface area (TPSA) is 123 Å². The standard InChI is InChI=1S/C23H31N5O4/c1-13(2)24-21(31)18-19-22(32)27-26-20(23(18,19)3)15-8-4-5-9-16(15)25-17(30)12-28-10-6-7-14(29)11-28/h4-5,8-9,13-14,18-19,29H,6-7,10-12H2,1-3H3,(H,24,31)(H,25,30)(H,27,32)/t14-,18+,19-,23-/m1/s1. The van der Waals surface area contributed by atoms with Crippen LogP contribution in [0.1, 0.15) is 39.2 Å². The number of aliphatic hydroxyl groups is 1. The van der Waals surface area contributed by atoms with Crippen molar-refractivity contribution in [3.63, 3.8) is 0 Å². The Labute approximate surface area is 187 Å². The van der Waals surface area contributed by atoms with E-state index < -0.39 is 23.4 Å². The number of rotatable bonds is 6. The summed E-state index contributed by atoms with van der Waals surface area (Å²) >= 11 is 0. The van der Waals surface area contributed by atoms with Crippen molar-refractivity contribution >= 4 is 29.1 Å². The van der Waals surface area contributed by atoms with Crippen LogP contribution in [0.2, 0.25) is 0 Å².